The molecule has 2 heterocycles. The Bertz CT molecular complexity index is 1100. The maximum atomic E-state index is 11.6. The Hall–Kier alpha value is -1.90. The second-order valence-electron chi connectivity index (χ2n) is 11.6. The molecule has 188 valence electrons. The van der Waals surface area contributed by atoms with Crippen molar-refractivity contribution in [2.45, 2.75) is 82.5 Å². The fourth-order valence-corrected chi connectivity index (χ4v) is 6.30. The van der Waals surface area contributed by atoms with Crippen molar-refractivity contribution in [2.75, 3.05) is 6.54 Å². The van der Waals surface area contributed by atoms with E-state index in [1.54, 1.807) is 6.20 Å². The fraction of sp³-hybridized carbons (Fsp3) is 0.500. The molecule has 0 bridgehead atoms. The van der Waals surface area contributed by atoms with Gasteiger partial charge < -0.3 is 14.5 Å². The highest BCUT2D eigenvalue weighted by molar-refractivity contribution is 7.81. The standard InChI is InChI=1S/C28H39N3O2SSi/c1-27(2,3)35(5,6)33-21-16-23(31(19-21)18-20-12-8-7-9-13-20)25(32)22-17-29-26(30-22)28(4)15-11-10-14-24(28)34/h7-15,17,21,23,25,32H,16,18-19H2,1-6H3,(H,29,30)/t21-,23+,25?,28?/m1/s1. The Kier molecular flexibility index (Phi) is 7.37. The number of allylic oxidation sites excluding steroid dienone is 4. The van der Waals surface area contributed by atoms with Crippen molar-refractivity contribution in [3.8, 4) is 0 Å². The number of imidazole rings is 1. The van der Waals surface area contributed by atoms with Gasteiger partial charge in [0.05, 0.1) is 23.4 Å². The van der Waals surface area contributed by atoms with Crippen LogP contribution in [-0.2, 0) is 16.4 Å². The van der Waals surface area contributed by atoms with Crippen LogP contribution < -0.4 is 0 Å². The van der Waals surface area contributed by atoms with Gasteiger partial charge in [0.2, 0.25) is 0 Å². The summed E-state index contributed by atoms with van der Waals surface area (Å²) in [6.45, 7) is 15.1. The van der Waals surface area contributed by atoms with Crippen LogP contribution in [0.1, 0.15) is 57.3 Å². The Morgan fingerprint density at radius 2 is 1.97 bits per heavy atom. The molecule has 1 aliphatic carbocycles. The molecule has 0 radical (unpaired) electrons. The lowest BCUT2D eigenvalue weighted by Gasteiger charge is -2.38. The highest BCUT2D eigenvalue weighted by atomic mass is 32.1. The summed E-state index contributed by atoms with van der Waals surface area (Å²) in [5.41, 5.74) is 1.48. The lowest BCUT2D eigenvalue weighted by atomic mass is 9.83. The summed E-state index contributed by atoms with van der Waals surface area (Å²) in [7, 11) is -1.93. The number of nitrogens with one attached hydrogen (secondary N) is 1. The molecule has 1 saturated heterocycles. The van der Waals surface area contributed by atoms with Gasteiger partial charge in [-0.05, 0) is 43.1 Å². The lowest BCUT2D eigenvalue weighted by molar-refractivity contribution is 0.0659. The van der Waals surface area contributed by atoms with E-state index in [2.05, 4.69) is 86.0 Å². The van der Waals surface area contributed by atoms with Crippen molar-refractivity contribution in [1.82, 2.24) is 14.9 Å². The molecular weight excluding hydrogens is 470 g/mol. The zero-order valence-corrected chi connectivity index (χ0v) is 23.6. The number of hydrogen-bond donors (Lipinski definition) is 2. The zero-order valence-electron chi connectivity index (χ0n) is 21.8. The molecule has 2 aliphatic rings. The minimum absolute atomic E-state index is 0.0696. The van der Waals surface area contributed by atoms with E-state index >= 15 is 0 Å². The van der Waals surface area contributed by atoms with Crippen LogP contribution in [0.5, 0.6) is 0 Å². The number of hydrogen-bond acceptors (Lipinski definition) is 5. The van der Waals surface area contributed by atoms with Crippen LogP contribution in [0.3, 0.4) is 0 Å². The first-order valence-electron chi connectivity index (χ1n) is 12.5. The molecule has 5 nitrogen and oxygen atoms in total. The topological polar surface area (TPSA) is 61.4 Å². The van der Waals surface area contributed by atoms with E-state index in [4.69, 9.17) is 16.6 Å². The summed E-state index contributed by atoms with van der Waals surface area (Å²) in [6, 6.07) is 10.4. The third kappa shape index (κ3) is 5.44. The van der Waals surface area contributed by atoms with Crippen LogP contribution in [0.4, 0.5) is 0 Å². The molecule has 0 saturated carbocycles. The maximum Gasteiger partial charge on any atom is 0.192 e. The lowest BCUT2D eigenvalue weighted by Crippen LogP contribution is -2.44. The van der Waals surface area contributed by atoms with Crippen LogP contribution in [0.15, 0.2) is 60.8 Å². The van der Waals surface area contributed by atoms with Crippen molar-refractivity contribution >= 4 is 25.4 Å². The average Bonchev–Trinajstić information content (AvgIpc) is 3.43. The van der Waals surface area contributed by atoms with E-state index in [-0.39, 0.29) is 17.2 Å². The Morgan fingerprint density at radius 1 is 1.26 bits per heavy atom. The first-order chi connectivity index (χ1) is 16.4. The molecular formula is C28H39N3O2SSi. The molecule has 4 atom stereocenters. The van der Waals surface area contributed by atoms with Gasteiger partial charge in [0.25, 0.3) is 0 Å². The number of aromatic amines is 1. The van der Waals surface area contributed by atoms with E-state index in [1.165, 1.54) is 5.56 Å². The van der Waals surface area contributed by atoms with Gasteiger partial charge in [-0.2, -0.15) is 0 Å². The molecule has 1 aromatic heterocycles. The predicted molar refractivity (Wildman–Crippen MR) is 149 cm³/mol. The van der Waals surface area contributed by atoms with E-state index in [1.807, 2.05) is 24.3 Å². The van der Waals surface area contributed by atoms with Gasteiger partial charge in [-0.1, -0.05) is 81.5 Å². The second-order valence-corrected chi connectivity index (χ2v) is 16.8. The van der Waals surface area contributed by atoms with Gasteiger partial charge in [-0.15, -0.1) is 0 Å². The summed E-state index contributed by atoms with van der Waals surface area (Å²) in [6.07, 6.45) is 9.89. The van der Waals surface area contributed by atoms with E-state index in [0.717, 1.165) is 35.9 Å². The third-order valence-electron chi connectivity index (χ3n) is 7.98. The summed E-state index contributed by atoms with van der Waals surface area (Å²) in [5, 5.41) is 11.7. The van der Waals surface area contributed by atoms with Crippen LogP contribution >= 0.6 is 12.2 Å². The molecule has 4 rings (SSSR count). The number of thiocarbonyl (C=S) groups is 1. The van der Waals surface area contributed by atoms with E-state index in [9.17, 15) is 5.11 Å². The molecule has 1 aliphatic heterocycles. The van der Waals surface area contributed by atoms with E-state index in [0.29, 0.717) is 0 Å². The summed E-state index contributed by atoms with van der Waals surface area (Å²) in [4.78, 5) is 11.2. The number of benzene rings is 1. The molecule has 1 fully saturated rings. The van der Waals surface area contributed by atoms with Gasteiger partial charge in [0.1, 0.15) is 11.9 Å². The van der Waals surface area contributed by atoms with Crippen molar-refractivity contribution in [2.24, 2.45) is 0 Å². The van der Waals surface area contributed by atoms with Crippen molar-refractivity contribution in [3.05, 3.63) is 77.9 Å². The average molecular weight is 510 g/mol. The van der Waals surface area contributed by atoms with Crippen molar-refractivity contribution < 1.29 is 9.53 Å². The number of nitrogens with zero attached hydrogens (tertiary/aromatic N) is 2. The van der Waals surface area contributed by atoms with Crippen LogP contribution in [0.2, 0.25) is 18.1 Å². The monoisotopic (exact) mass is 509 g/mol. The molecule has 1 aromatic carbocycles. The Balaban J connectivity index is 1.57. The SMILES string of the molecule is CC1(c2ncc(C(O)[C@@H]3C[C@@H](O[Si](C)(C)C(C)(C)C)CN3Cc3ccccc3)[nH]2)C=CC=CC1=S. The van der Waals surface area contributed by atoms with Gasteiger partial charge in [-0.3, -0.25) is 4.90 Å². The first kappa shape index (κ1) is 26.2. The van der Waals surface area contributed by atoms with Gasteiger partial charge in [-0.25, -0.2) is 4.98 Å². The number of aliphatic hydroxyl groups is 1. The summed E-state index contributed by atoms with van der Waals surface area (Å²) >= 11 is 5.61. The summed E-state index contributed by atoms with van der Waals surface area (Å²) in [5.74, 6) is 0.763. The molecule has 0 amide bonds. The highest BCUT2D eigenvalue weighted by Crippen LogP contribution is 2.40. The number of H-pyrrole nitrogens is 1. The van der Waals surface area contributed by atoms with Crippen LogP contribution in [-0.4, -0.2) is 51.8 Å². The van der Waals surface area contributed by atoms with Crippen LogP contribution in [0, 0.1) is 0 Å². The van der Waals surface area contributed by atoms with Crippen molar-refractivity contribution in [1.29, 1.82) is 0 Å². The molecule has 0 spiro atoms. The van der Waals surface area contributed by atoms with Gasteiger partial charge in [0, 0.05) is 24.0 Å². The molecule has 2 unspecified atom stereocenters. The summed E-state index contributed by atoms with van der Waals surface area (Å²) < 4.78 is 6.80. The van der Waals surface area contributed by atoms with Crippen molar-refractivity contribution in [3.63, 3.8) is 0 Å². The number of rotatable bonds is 7. The Labute approximate surface area is 216 Å². The Morgan fingerprint density at radius 3 is 2.63 bits per heavy atom. The molecule has 7 heteroatoms. The normalized spacial score (nSPS) is 26.4. The van der Waals surface area contributed by atoms with Gasteiger partial charge >= 0.3 is 0 Å². The minimum Gasteiger partial charge on any atom is -0.413 e. The zero-order chi connectivity index (χ0) is 25.4. The maximum absolute atomic E-state index is 11.6. The van der Waals surface area contributed by atoms with Gasteiger partial charge in [0.15, 0.2) is 8.32 Å². The third-order valence-corrected chi connectivity index (χ3v) is 13.1. The largest absolute Gasteiger partial charge is 0.413 e. The smallest absolute Gasteiger partial charge is 0.192 e. The quantitative estimate of drug-likeness (QED) is 0.361. The molecule has 2 aromatic rings. The number of aromatic nitrogens is 2. The number of likely N-dealkylation sites (tertiary alicyclic amines) is 1. The van der Waals surface area contributed by atoms with Crippen LogP contribution in [0.25, 0.3) is 0 Å². The second kappa shape index (κ2) is 9.86. The highest BCUT2D eigenvalue weighted by Gasteiger charge is 2.44. The number of aliphatic hydroxyl groups excluding tert-OH is 1. The fourth-order valence-electron chi connectivity index (χ4n) is 4.70. The molecule has 35 heavy (non-hydrogen) atoms. The first-order valence-corrected chi connectivity index (χ1v) is 15.8. The predicted octanol–water partition coefficient (Wildman–Crippen LogP) is 5.86. The molecule has 2 N–H and O–H groups in total. The minimum atomic E-state index is -1.93. The van der Waals surface area contributed by atoms with E-state index < -0.39 is 19.8 Å².